The van der Waals surface area contributed by atoms with Gasteiger partial charge in [0, 0.05) is 0 Å². The molecule has 0 heterocycles. The van der Waals surface area contributed by atoms with Gasteiger partial charge in [0.15, 0.2) is 0 Å². The smallest absolute Gasteiger partial charge is 0.338 e. The molecule has 86 valence electrons. The Morgan fingerprint density at radius 3 is 2.50 bits per heavy atom. The van der Waals surface area contributed by atoms with Crippen molar-refractivity contribution in [2.24, 2.45) is 0 Å². The molecular formula is C11H12O5. The van der Waals surface area contributed by atoms with Gasteiger partial charge in [-0.3, -0.25) is 0 Å². The molecule has 0 amide bonds. The average molecular weight is 224 g/mol. The number of carbonyl (C=O) groups excluding carboxylic acids is 1. The normalized spacial score (nSPS) is 9.62. The number of carboxylic acid groups (broad SMARTS) is 1. The highest BCUT2D eigenvalue weighted by Crippen LogP contribution is 2.18. The van der Waals surface area contributed by atoms with Gasteiger partial charge < -0.3 is 14.6 Å². The molecule has 0 aromatic heterocycles. The Balaban J connectivity index is 3.19. The molecule has 0 aliphatic heterocycles. The van der Waals surface area contributed by atoms with Crippen molar-refractivity contribution in [1.29, 1.82) is 0 Å². The standard InChI is InChI=1S/C11H12O5/c1-3-16-7-4-5-8(11(14)15-2)9(6-7)10(12)13/h4-6H,3H2,1-2H3,(H,12,13). The van der Waals surface area contributed by atoms with Crippen LogP contribution in [0.1, 0.15) is 27.6 Å². The fourth-order valence-electron chi connectivity index (χ4n) is 1.24. The molecule has 0 radical (unpaired) electrons. The Morgan fingerprint density at radius 1 is 1.31 bits per heavy atom. The van der Waals surface area contributed by atoms with Gasteiger partial charge in [-0.05, 0) is 25.1 Å². The summed E-state index contributed by atoms with van der Waals surface area (Å²) in [6.45, 7) is 2.21. The molecule has 1 aromatic rings. The van der Waals surface area contributed by atoms with Crippen LogP contribution in [0.25, 0.3) is 0 Å². The minimum absolute atomic E-state index is 0.0125. The molecule has 0 saturated carbocycles. The number of methoxy groups -OCH3 is 1. The maximum Gasteiger partial charge on any atom is 0.338 e. The van der Waals surface area contributed by atoms with Gasteiger partial charge in [0.1, 0.15) is 5.75 Å². The van der Waals surface area contributed by atoms with E-state index < -0.39 is 11.9 Å². The molecule has 0 spiro atoms. The second-order valence-electron chi connectivity index (χ2n) is 2.94. The Hall–Kier alpha value is -2.04. The van der Waals surface area contributed by atoms with E-state index in [2.05, 4.69) is 4.74 Å². The SMILES string of the molecule is CCOc1ccc(C(=O)OC)c(C(=O)O)c1. The zero-order chi connectivity index (χ0) is 12.1. The van der Waals surface area contributed by atoms with Crippen molar-refractivity contribution < 1.29 is 24.2 Å². The van der Waals surface area contributed by atoms with E-state index in [1.807, 2.05) is 0 Å². The Kier molecular flexibility index (Phi) is 3.88. The van der Waals surface area contributed by atoms with Crippen LogP contribution in [-0.2, 0) is 4.74 Å². The minimum atomic E-state index is -1.19. The van der Waals surface area contributed by atoms with Crippen LogP contribution >= 0.6 is 0 Å². The number of ether oxygens (including phenoxy) is 2. The van der Waals surface area contributed by atoms with E-state index in [1.54, 1.807) is 6.92 Å². The van der Waals surface area contributed by atoms with Crippen LogP contribution in [0.5, 0.6) is 5.75 Å². The predicted molar refractivity (Wildman–Crippen MR) is 55.9 cm³/mol. The third kappa shape index (κ3) is 2.50. The van der Waals surface area contributed by atoms with Crippen LogP contribution < -0.4 is 4.74 Å². The van der Waals surface area contributed by atoms with E-state index in [9.17, 15) is 9.59 Å². The molecule has 5 nitrogen and oxygen atoms in total. The summed E-state index contributed by atoms with van der Waals surface area (Å²) in [7, 11) is 1.20. The fraction of sp³-hybridized carbons (Fsp3) is 0.273. The summed E-state index contributed by atoms with van der Waals surface area (Å²) in [4.78, 5) is 22.2. The molecule has 0 atom stereocenters. The monoisotopic (exact) mass is 224 g/mol. The van der Waals surface area contributed by atoms with Crippen LogP contribution in [0.4, 0.5) is 0 Å². The first-order chi connectivity index (χ1) is 7.60. The summed E-state index contributed by atoms with van der Waals surface area (Å²) in [5.41, 5.74) is -0.115. The first-order valence-electron chi connectivity index (χ1n) is 4.68. The summed E-state index contributed by atoms with van der Waals surface area (Å²) in [6, 6.07) is 4.21. The topological polar surface area (TPSA) is 72.8 Å². The lowest BCUT2D eigenvalue weighted by molar-refractivity contribution is 0.0582. The van der Waals surface area contributed by atoms with E-state index in [-0.39, 0.29) is 11.1 Å². The number of hydrogen-bond donors (Lipinski definition) is 1. The molecule has 16 heavy (non-hydrogen) atoms. The lowest BCUT2D eigenvalue weighted by Crippen LogP contribution is -2.10. The summed E-state index contributed by atoms with van der Waals surface area (Å²) < 4.78 is 9.63. The number of aromatic carboxylic acids is 1. The summed E-state index contributed by atoms with van der Waals surface area (Å²) in [5.74, 6) is -1.46. The van der Waals surface area contributed by atoms with Crippen LogP contribution in [0, 0.1) is 0 Å². The number of rotatable bonds is 4. The molecule has 0 saturated heterocycles. The minimum Gasteiger partial charge on any atom is -0.494 e. The van der Waals surface area contributed by atoms with Gasteiger partial charge in [-0.2, -0.15) is 0 Å². The number of hydrogen-bond acceptors (Lipinski definition) is 4. The number of esters is 1. The molecular weight excluding hydrogens is 212 g/mol. The van der Waals surface area contributed by atoms with E-state index in [0.29, 0.717) is 12.4 Å². The fourth-order valence-corrected chi connectivity index (χ4v) is 1.24. The quantitative estimate of drug-likeness (QED) is 0.786. The lowest BCUT2D eigenvalue weighted by atomic mass is 10.1. The Labute approximate surface area is 92.6 Å². The second-order valence-corrected chi connectivity index (χ2v) is 2.94. The summed E-state index contributed by atoms with van der Waals surface area (Å²) in [5, 5.41) is 8.94. The van der Waals surface area contributed by atoms with Crippen molar-refractivity contribution in [3.8, 4) is 5.75 Å². The van der Waals surface area contributed by atoms with E-state index in [4.69, 9.17) is 9.84 Å². The predicted octanol–water partition coefficient (Wildman–Crippen LogP) is 1.57. The van der Waals surface area contributed by atoms with Gasteiger partial charge in [0.25, 0.3) is 0 Å². The molecule has 1 aromatic carbocycles. The van der Waals surface area contributed by atoms with Gasteiger partial charge in [-0.15, -0.1) is 0 Å². The van der Waals surface area contributed by atoms with Gasteiger partial charge in [0.2, 0.25) is 0 Å². The van der Waals surface area contributed by atoms with Gasteiger partial charge in [-0.25, -0.2) is 9.59 Å². The van der Waals surface area contributed by atoms with Crippen molar-refractivity contribution in [3.05, 3.63) is 29.3 Å². The van der Waals surface area contributed by atoms with Crippen LogP contribution in [0.2, 0.25) is 0 Å². The van der Waals surface area contributed by atoms with E-state index >= 15 is 0 Å². The highest BCUT2D eigenvalue weighted by atomic mass is 16.5. The highest BCUT2D eigenvalue weighted by molar-refractivity contribution is 6.02. The molecule has 0 aliphatic rings. The molecule has 0 bridgehead atoms. The summed E-state index contributed by atoms with van der Waals surface area (Å²) >= 11 is 0. The van der Waals surface area contributed by atoms with Gasteiger partial charge >= 0.3 is 11.9 Å². The largest absolute Gasteiger partial charge is 0.494 e. The zero-order valence-electron chi connectivity index (χ0n) is 9.02. The third-order valence-electron chi connectivity index (χ3n) is 1.94. The molecule has 5 heteroatoms. The first kappa shape index (κ1) is 12.0. The van der Waals surface area contributed by atoms with Crippen molar-refractivity contribution >= 4 is 11.9 Å². The van der Waals surface area contributed by atoms with E-state index in [0.717, 1.165) is 0 Å². The van der Waals surface area contributed by atoms with Crippen molar-refractivity contribution in [2.45, 2.75) is 6.92 Å². The molecule has 0 unspecified atom stereocenters. The van der Waals surface area contributed by atoms with Gasteiger partial charge in [0.05, 0.1) is 24.8 Å². The number of benzene rings is 1. The first-order valence-corrected chi connectivity index (χ1v) is 4.68. The van der Waals surface area contributed by atoms with Crippen molar-refractivity contribution in [3.63, 3.8) is 0 Å². The van der Waals surface area contributed by atoms with Crippen LogP contribution in [-0.4, -0.2) is 30.8 Å². The van der Waals surface area contributed by atoms with Crippen LogP contribution in [0.15, 0.2) is 18.2 Å². The average Bonchev–Trinajstić information content (AvgIpc) is 2.28. The maximum atomic E-state index is 11.3. The lowest BCUT2D eigenvalue weighted by Gasteiger charge is -2.07. The zero-order valence-corrected chi connectivity index (χ0v) is 9.02. The Bertz CT molecular complexity index is 411. The van der Waals surface area contributed by atoms with Crippen molar-refractivity contribution in [2.75, 3.05) is 13.7 Å². The highest BCUT2D eigenvalue weighted by Gasteiger charge is 2.17. The molecule has 0 fully saturated rings. The second kappa shape index (κ2) is 5.16. The molecule has 0 aliphatic carbocycles. The number of carboxylic acids is 1. The molecule has 1 rings (SSSR count). The third-order valence-corrected chi connectivity index (χ3v) is 1.94. The van der Waals surface area contributed by atoms with E-state index in [1.165, 1.54) is 25.3 Å². The summed E-state index contributed by atoms with van der Waals surface area (Å²) in [6.07, 6.45) is 0. The van der Waals surface area contributed by atoms with Gasteiger partial charge in [-0.1, -0.05) is 0 Å². The molecule has 1 N–H and O–H groups in total. The maximum absolute atomic E-state index is 11.3. The number of carbonyl (C=O) groups is 2. The Morgan fingerprint density at radius 2 is 2.00 bits per heavy atom. The van der Waals surface area contributed by atoms with Crippen molar-refractivity contribution in [1.82, 2.24) is 0 Å². The van der Waals surface area contributed by atoms with Crippen LogP contribution in [0.3, 0.4) is 0 Å².